The van der Waals surface area contributed by atoms with E-state index < -0.39 is 0 Å². The second kappa shape index (κ2) is 7.59. The molecule has 1 heterocycles. The predicted octanol–water partition coefficient (Wildman–Crippen LogP) is 3.10. The number of nitrogens with one attached hydrogen (secondary N) is 1. The standard InChI is InChI=1S/C18H23N3O/c1-14(2)11-20-18(22)17-10-9-16(12-19-17)21(3)13-15-7-5-4-6-8-15/h4-10,12,14H,11,13H2,1-3H3,(H,20,22). The Morgan fingerprint density at radius 2 is 1.91 bits per heavy atom. The Morgan fingerprint density at radius 3 is 2.50 bits per heavy atom. The molecule has 0 fully saturated rings. The fourth-order valence-electron chi connectivity index (χ4n) is 2.08. The minimum atomic E-state index is -0.119. The number of rotatable bonds is 6. The lowest BCUT2D eigenvalue weighted by Gasteiger charge is -2.19. The average molecular weight is 297 g/mol. The SMILES string of the molecule is CC(C)CNC(=O)c1ccc(N(C)Cc2ccccc2)cn1. The monoisotopic (exact) mass is 297 g/mol. The van der Waals surface area contributed by atoms with Crippen molar-refractivity contribution in [3.8, 4) is 0 Å². The quantitative estimate of drug-likeness (QED) is 0.891. The summed E-state index contributed by atoms with van der Waals surface area (Å²) in [4.78, 5) is 18.3. The van der Waals surface area contributed by atoms with E-state index in [1.54, 1.807) is 12.3 Å². The van der Waals surface area contributed by atoms with Crippen LogP contribution in [0.5, 0.6) is 0 Å². The number of amides is 1. The molecular formula is C18H23N3O. The van der Waals surface area contributed by atoms with Gasteiger partial charge in [-0.25, -0.2) is 4.98 Å². The van der Waals surface area contributed by atoms with E-state index in [0.717, 1.165) is 12.2 Å². The van der Waals surface area contributed by atoms with Crippen molar-refractivity contribution in [2.75, 3.05) is 18.5 Å². The lowest BCUT2D eigenvalue weighted by Crippen LogP contribution is -2.28. The maximum absolute atomic E-state index is 11.9. The summed E-state index contributed by atoms with van der Waals surface area (Å²) >= 11 is 0. The summed E-state index contributed by atoms with van der Waals surface area (Å²) < 4.78 is 0. The van der Waals surface area contributed by atoms with E-state index in [1.165, 1.54) is 5.56 Å². The van der Waals surface area contributed by atoms with Crippen molar-refractivity contribution in [1.82, 2.24) is 10.3 Å². The molecule has 0 radical (unpaired) electrons. The molecule has 1 N–H and O–H groups in total. The molecule has 4 nitrogen and oxygen atoms in total. The first-order valence-electron chi connectivity index (χ1n) is 7.55. The normalized spacial score (nSPS) is 10.5. The van der Waals surface area contributed by atoms with Crippen molar-refractivity contribution in [3.05, 3.63) is 59.9 Å². The number of nitrogens with zero attached hydrogens (tertiary/aromatic N) is 2. The third-order valence-electron chi connectivity index (χ3n) is 3.35. The van der Waals surface area contributed by atoms with Gasteiger partial charge in [0, 0.05) is 20.1 Å². The van der Waals surface area contributed by atoms with Crippen molar-refractivity contribution in [2.24, 2.45) is 5.92 Å². The molecule has 0 saturated heterocycles. The van der Waals surface area contributed by atoms with Gasteiger partial charge in [0.2, 0.25) is 0 Å². The highest BCUT2D eigenvalue weighted by atomic mass is 16.1. The highest BCUT2D eigenvalue weighted by Gasteiger charge is 2.09. The van der Waals surface area contributed by atoms with Crippen LogP contribution in [0.4, 0.5) is 5.69 Å². The van der Waals surface area contributed by atoms with Crippen LogP contribution in [0.2, 0.25) is 0 Å². The molecule has 4 heteroatoms. The van der Waals surface area contributed by atoms with E-state index in [1.807, 2.05) is 31.3 Å². The number of carbonyl (C=O) groups is 1. The molecule has 0 spiro atoms. The number of pyridine rings is 1. The largest absolute Gasteiger partial charge is 0.369 e. The topological polar surface area (TPSA) is 45.2 Å². The van der Waals surface area contributed by atoms with Crippen LogP contribution in [-0.2, 0) is 6.54 Å². The summed E-state index contributed by atoms with van der Waals surface area (Å²) in [5.74, 6) is 0.311. The van der Waals surface area contributed by atoms with Crippen LogP contribution in [0.25, 0.3) is 0 Å². The Kier molecular flexibility index (Phi) is 5.53. The van der Waals surface area contributed by atoms with Gasteiger partial charge in [-0.1, -0.05) is 44.2 Å². The number of hydrogen-bond donors (Lipinski definition) is 1. The van der Waals surface area contributed by atoms with Crippen molar-refractivity contribution in [1.29, 1.82) is 0 Å². The lowest BCUT2D eigenvalue weighted by molar-refractivity contribution is 0.0944. The summed E-state index contributed by atoms with van der Waals surface area (Å²) in [5.41, 5.74) is 2.69. The van der Waals surface area contributed by atoms with Crippen LogP contribution in [-0.4, -0.2) is 24.5 Å². The van der Waals surface area contributed by atoms with Crippen LogP contribution in [0.1, 0.15) is 29.9 Å². The fraction of sp³-hybridized carbons (Fsp3) is 0.333. The zero-order chi connectivity index (χ0) is 15.9. The molecule has 0 unspecified atom stereocenters. The Hall–Kier alpha value is -2.36. The Labute approximate surface area is 132 Å². The van der Waals surface area contributed by atoms with Crippen molar-refractivity contribution in [2.45, 2.75) is 20.4 Å². The number of hydrogen-bond acceptors (Lipinski definition) is 3. The molecule has 1 aromatic carbocycles. The minimum Gasteiger partial charge on any atom is -0.369 e. The maximum Gasteiger partial charge on any atom is 0.269 e. The van der Waals surface area contributed by atoms with Gasteiger partial charge in [-0.3, -0.25) is 4.79 Å². The molecule has 22 heavy (non-hydrogen) atoms. The van der Waals surface area contributed by atoms with Gasteiger partial charge in [-0.2, -0.15) is 0 Å². The summed E-state index contributed by atoms with van der Waals surface area (Å²) in [6.07, 6.45) is 1.74. The zero-order valence-corrected chi connectivity index (χ0v) is 13.4. The second-order valence-electron chi connectivity index (χ2n) is 5.85. The second-order valence-corrected chi connectivity index (χ2v) is 5.85. The van der Waals surface area contributed by atoms with Crippen LogP contribution in [0, 0.1) is 5.92 Å². The van der Waals surface area contributed by atoms with Gasteiger partial charge < -0.3 is 10.2 Å². The van der Waals surface area contributed by atoms with Gasteiger partial charge >= 0.3 is 0 Å². The van der Waals surface area contributed by atoms with Gasteiger partial charge in [0.1, 0.15) is 5.69 Å². The van der Waals surface area contributed by atoms with Crippen molar-refractivity contribution >= 4 is 11.6 Å². The Bertz CT molecular complexity index is 593. The smallest absolute Gasteiger partial charge is 0.269 e. The third-order valence-corrected chi connectivity index (χ3v) is 3.35. The van der Waals surface area contributed by atoms with Gasteiger partial charge in [-0.05, 0) is 23.6 Å². The van der Waals surface area contributed by atoms with Crippen LogP contribution in [0.3, 0.4) is 0 Å². The average Bonchev–Trinajstić information content (AvgIpc) is 2.53. The summed E-state index contributed by atoms with van der Waals surface area (Å²) in [5, 5.41) is 2.87. The number of anilines is 1. The van der Waals surface area contributed by atoms with Crippen LogP contribution >= 0.6 is 0 Å². The zero-order valence-electron chi connectivity index (χ0n) is 13.4. The summed E-state index contributed by atoms with van der Waals surface area (Å²) in [6, 6.07) is 14.0. The van der Waals surface area contributed by atoms with Gasteiger partial charge in [0.25, 0.3) is 5.91 Å². The number of aromatic nitrogens is 1. The summed E-state index contributed by atoms with van der Waals surface area (Å²) in [7, 11) is 2.02. The van der Waals surface area contributed by atoms with Gasteiger partial charge in [0.05, 0.1) is 11.9 Å². The number of carbonyl (C=O) groups excluding carboxylic acids is 1. The van der Waals surface area contributed by atoms with Crippen LogP contribution < -0.4 is 10.2 Å². The lowest BCUT2D eigenvalue weighted by atomic mass is 10.2. The third kappa shape index (κ3) is 4.58. The first kappa shape index (κ1) is 16.0. The molecule has 0 aliphatic carbocycles. The first-order valence-corrected chi connectivity index (χ1v) is 7.55. The van der Waals surface area contributed by atoms with E-state index in [9.17, 15) is 4.79 Å². The Balaban J connectivity index is 1.97. The molecule has 0 aliphatic rings. The van der Waals surface area contributed by atoms with E-state index in [2.05, 4.69) is 41.2 Å². The van der Waals surface area contributed by atoms with Crippen LogP contribution in [0.15, 0.2) is 48.7 Å². The molecule has 116 valence electrons. The summed E-state index contributed by atoms with van der Waals surface area (Å²) in [6.45, 7) is 5.60. The Morgan fingerprint density at radius 1 is 1.18 bits per heavy atom. The fourth-order valence-corrected chi connectivity index (χ4v) is 2.08. The molecule has 2 aromatic rings. The molecule has 0 saturated carbocycles. The molecule has 1 amide bonds. The van der Waals surface area contributed by atoms with Gasteiger partial charge in [-0.15, -0.1) is 0 Å². The van der Waals surface area contributed by atoms with Crippen molar-refractivity contribution in [3.63, 3.8) is 0 Å². The molecular weight excluding hydrogens is 274 g/mol. The van der Waals surface area contributed by atoms with E-state index in [0.29, 0.717) is 18.2 Å². The minimum absolute atomic E-state index is 0.119. The highest BCUT2D eigenvalue weighted by Crippen LogP contribution is 2.14. The molecule has 0 aliphatic heterocycles. The number of benzene rings is 1. The molecule has 0 atom stereocenters. The maximum atomic E-state index is 11.9. The van der Waals surface area contributed by atoms with E-state index in [4.69, 9.17) is 0 Å². The van der Waals surface area contributed by atoms with Gasteiger partial charge in [0.15, 0.2) is 0 Å². The van der Waals surface area contributed by atoms with E-state index >= 15 is 0 Å². The highest BCUT2D eigenvalue weighted by molar-refractivity contribution is 5.92. The predicted molar refractivity (Wildman–Crippen MR) is 90.0 cm³/mol. The molecule has 0 bridgehead atoms. The van der Waals surface area contributed by atoms with Crippen molar-refractivity contribution < 1.29 is 4.79 Å². The van der Waals surface area contributed by atoms with E-state index in [-0.39, 0.29) is 5.91 Å². The first-order chi connectivity index (χ1) is 10.6. The molecule has 2 rings (SSSR count). The molecule has 1 aromatic heterocycles.